The van der Waals surface area contributed by atoms with E-state index in [1.165, 1.54) is 6.07 Å². The van der Waals surface area contributed by atoms with Gasteiger partial charge in [0.25, 0.3) is 5.01 Å². The first-order valence-electron chi connectivity index (χ1n) is 5.68. The molecule has 0 aliphatic heterocycles. The number of benzene rings is 1. The number of phenols is 2. The molecule has 4 nitrogen and oxygen atoms in total. The van der Waals surface area contributed by atoms with Crippen LogP contribution in [0.4, 0.5) is 0 Å². The smallest absolute Gasteiger partial charge is 0.289 e. The monoisotopic (exact) mass is 298 g/mol. The van der Waals surface area contributed by atoms with E-state index in [4.69, 9.17) is 0 Å². The molecule has 1 aromatic carbocycles. The number of para-hydroxylation sites is 1. The van der Waals surface area contributed by atoms with Crippen molar-refractivity contribution < 1.29 is 27.3 Å². The van der Waals surface area contributed by atoms with Crippen LogP contribution >= 0.6 is 11.3 Å². The van der Waals surface area contributed by atoms with Crippen LogP contribution < -0.4 is 17.1 Å². The molecule has 0 spiro atoms. The van der Waals surface area contributed by atoms with Gasteiger partial charge in [-0.2, -0.15) is 0 Å². The highest BCUT2D eigenvalue weighted by Gasteiger charge is 2.13. The highest BCUT2D eigenvalue weighted by Crippen LogP contribution is 2.29. The molecule has 2 rings (SSSR count). The molecule has 19 heavy (non-hydrogen) atoms. The van der Waals surface area contributed by atoms with E-state index in [0.29, 0.717) is 5.56 Å². The van der Waals surface area contributed by atoms with Crippen molar-refractivity contribution in [2.24, 2.45) is 0 Å². The Morgan fingerprint density at radius 3 is 2.74 bits per heavy atom. The molecule has 0 amide bonds. The van der Waals surface area contributed by atoms with Gasteiger partial charge in [-0.05, 0) is 37.3 Å². The average Bonchev–Trinajstić information content (AvgIpc) is 2.71. The number of hydrogen-bond acceptors (Lipinski definition) is 4. The molecule has 1 heterocycles. The summed E-state index contributed by atoms with van der Waals surface area (Å²) >= 11 is 1.59. The van der Waals surface area contributed by atoms with E-state index in [1.54, 1.807) is 29.5 Å². The fourth-order valence-corrected chi connectivity index (χ4v) is 2.49. The molecule has 0 aliphatic carbocycles. The van der Waals surface area contributed by atoms with Crippen molar-refractivity contribution in [2.75, 3.05) is 0 Å². The second-order valence-electron chi connectivity index (χ2n) is 3.82. The fourth-order valence-electron chi connectivity index (χ4n) is 1.63. The molecule has 0 fully saturated rings. The lowest BCUT2D eigenvalue weighted by Crippen LogP contribution is -3.00. The number of aromatic hydroxyl groups is 2. The van der Waals surface area contributed by atoms with Gasteiger partial charge in [0, 0.05) is 16.7 Å². The van der Waals surface area contributed by atoms with Crippen molar-refractivity contribution in [1.82, 2.24) is 5.10 Å². The van der Waals surface area contributed by atoms with Crippen LogP contribution in [0.1, 0.15) is 22.5 Å². The molecule has 0 saturated carbocycles. The maximum absolute atomic E-state index is 9.69. The van der Waals surface area contributed by atoms with Crippen LogP contribution in [0.2, 0.25) is 0 Å². The number of nitrogens with zero attached hydrogens (tertiary/aromatic N) is 2. The van der Waals surface area contributed by atoms with Crippen molar-refractivity contribution in [3.05, 3.63) is 33.8 Å². The molecule has 2 aromatic rings. The van der Waals surface area contributed by atoms with Gasteiger partial charge < -0.3 is 22.6 Å². The Morgan fingerprint density at radius 2 is 2.05 bits per heavy atom. The SMILES string of the molecule is CC[n+]1nc(C)sc1/C=C/c1cccc(O)c1O.[Cl-]. The van der Waals surface area contributed by atoms with Gasteiger partial charge in [0.1, 0.15) is 0 Å². The first kappa shape index (κ1) is 15.5. The normalized spacial score (nSPS) is 10.6. The summed E-state index contributed by atoms with van der Waals surface area (Å²) < 4.78 is 1.90. The highest BCUT2D eigenvalue weighted by atomic mass is 35.5. The molecular weight excluding hydrogens is 284 g/mol. The lowest BCUT2D eigenvalue weighted by Gasteiger charge is -1.99. The zero-order valence-electron chi connectivity index (χ0n) is 10.7. The third-order valence-corrected chi connectivity index (χ3v) is 3.45. The summed E-state index contributed by atoms with van der Waals surface area (Å²) in [6, 6.07) is 4.89. The number of hydrogen-bond donors (Lipinski definition) is 2. The third-order valence-electron chi connectivity index (χ3n) is 2.52. The highest BCUT2D eigenvalue weighted by molar-refractivity contribution is 7.11. The van der Waals surface area contributed by atoms with Crippen LogP contribution in [-0.2, 0) is 6.54 Å². The van der Waals surface area contributed by atoms with Crippen LogP contribution in [0.5, 0.6) is 11.5 Å². The predicted molar refractivity (Wildman–Crippen MR) is 71.4 cm³/mol. The Labute approximate surface area is 122 Å². The molecule has 0 aliphatic rings. The molecule has 6 heteroatoms. The average molecular weight is 299 g/mol. The minimum absolute atomic E-state index is 0. The van der Waals surface area contributed by atoms with E-state index in [0.717, 1.165) is 16.6 Å². The van der Waals surface area contributed by atoms with E-state index in [2.05, 4.69) is 5.10 Å². The first-order chi connectivity index (χ1) is 8.61. The summed E-state index contributed by atoms with van der Waals surface area (Å²) in [5.74, 6) is -0.209. The molecule has 0 radical (unpaired) electrons. The number of halogens is 1. The predicted octanol–water partition coefficient (Wildman–Crippen LogP) is -0.655. The maximum atomic E-state index is 9.69. The van der Waals surface area contributed by atoms with E-state index in [-0.39, 0.29) is 23.9 Å². The quantitative estimate of drug-likeness (QED) is 0.585. The zero-order chi connectivity index (χ0) is 13.1. The Hall–Kier alpha value is -1.59. The van der Waals surface area contributed by atoms with E-state index in [9.17, 15) is 10.2 Å². The third kappa shape index (κ3) is 3.45. The zero-order valence-corrected chi connectivity index (χ0v) is 12.2. The molecule has 0 saturated heterocycles. The summed E-state index contributed by atoms with van der Waals surface area (Å²) in [7, 11) is 0. The lowest BCUT2D eigenvalue weighted by molar-refractivity contribution is -0.747. The summed E-state index contributed by atoms with van der Waals surface area (Å²) in [6.45, 7) is 4.79. The standard InChI is InChI=1S/C13H14N2O2S.ClH/c1-3-15-12(18-9(2)14-15)8-7-10-5-4-6-11(16)13(10)17;/h4-8,16H,3H2,1-2H3;1H. The molecule has 0 bridgehead atoms. The number of aromatic nitrogens is 2. The molecule has 102 valence electrons. The van der Waals surface area contributed by atoms with E-state index < -0.39 is 0 Å². The van der Waals surface area contributed by atoms with Crippen LogP contribution in [-0.4, -0.2) is 15.3 Å². The van der Waals surface area contributed by atoms with Crippen LogP contribution in [0.3, 0.4) is 0 Å². The minimum atomic E-state index is -0.110. The van der Waals surface area contributed by atoms with Gasteiger partial charge in [-0.25, -0.2) is 0 Å². The van der Waals surface area contributed by atoms with Crippen molar-refractivity contribution in [1.29, 1.82) is 0 Å². The van der Waals surface area contributed by atoms with Gasteiger partial charge >= 0.3 is 0 Å². The first-order valence-corrected chi connectivity index (χ1v) is 6.50. The molecule has 0 unspecified atom stereocenters. The Bertz CT molecular complexity index is 596. The topological polar surface area (TPSA) is 57.2 Å². The van der Waals surface area contributed by atoms with Crippen LogP contribution in [0.15, 0.2) is 18.2 Å². The van der Waals surface area contributed by atoms with Crippen molar-refractivity contribution in [2.45, 2.75) is 20.4 Å². The van der Waals surface area contributed by atoms with Gasteiger partial charge in [0.05, 0.1) is 0 Å². The largest absolute Gasteiger partial charge is 1.00 e. The number of phenolic OH excluding ortho intramolecular Hbond substituents is 2. The summed E-state index contributed by atoms with van der Waals surface area (Å²) in [5.41, 5.74) is 0.587. The van der Waals surface area contributed by atoms with Gasteiger partial charge in [0.15, 0.2) is 23.1 Å². The second-order valence-corrected chi connectivity index (χ2v) is 5.04. The Morgan fingerprint density at radius 1 is 1.32 bits per heavy atom. The summed E-state index contributed by atoms with van der Waals surface area (Å²) in [4.78, 5) is 0. The minimum Gasteiger partial charge on any atom is -1.00 e. The number of rotatable bonds is 3. The van der Waals surface area contributed by atoms with Crippen LogP contribution in [0.25, 0.3) is 12.2 Å². The van der Waals surface area contributed by atoms with Crippen molar-refractivity contribution in [3.8, 4) is 11.5 Å². The van der Waals surface area contributed by atoms with Gasteiger partial charge in [0.2, 0.25) is 0 Å². The van der Waals surface area contributed by atoms with Gasteiger partial charge in [-0.1, -0.05) is 16.8 Å². The summed E-state index contributed by atoms with van der Waals surface area (Å²) in [5, 5.41) is 25.5. The van der Waals surface area contributed by atoms with E-state index >= 15 is 0 Å². The molecular formula is C13H15ClN2O2S. The lowest BCUT2D eigenvalue weighted by atomic mass is 10.2. The van der Waals surface area contributed by atoms with E-state index in [1.807, 2.05) is 24.6 Å². The van der Waals surface area contributed by atoms with Gasteiger partial charge in [-0.15, -0.1) is 0 Å². The number of aryl methyl sites for hydroxylation is 2. The molecule has 1 aromatic heterocycles. The van der Waals surface area contributed by atoms with Gasteiger partial charge in [-0.3, -0.25) is 0 Å². The fraction of sp³-hybridized carbons (Fsp3) is 0.231. The Balaban J connectivity index is 0.00000180. The molecule has 2 N–H and O–H groups in total. The van der Waals surface area contributed by atoms with Crippen molar-refractivity contribution in [3.63, 3.8) is 0 Å². The molecule has 0 atom stereocenters. The second kappa shape index (κ2) is 6.54. The Kier molecular flexibility index (Phi) is 5.32. The summed E-state index contributed by atoms with van der Waals surface area (Å²) in [6.07, 6.45) is 3.66. The van der Waals surface area contributed by atoms with Crippen molar-refractivity contribution >= 4 is 23.5 Å². The van der Waals surface area contributed by atoms with Crippen LogP contribution in [0, 0.1) is 6.92 Å². The maximum Gasteiger partial charge on any atom is 0.289 e.